The lowest BCUT2D eigenvalue weighted by Gasteiger charge is -2.62. The molecule has 1 aromatic heterocycles. The molecule has 4 aliphatic rings. The number of nitrogens with zero attached hydrogens (tertiary/aromatic N) is 2. The van der Waals surface area contributed by atoms with Gasteiger partial charge >= 0.3 is 0 Å². The standard InChI is InChI=1S/C22H29FO5.C21H21ClN2O/c1-12-8-16-15-5-4-13-9-14(25)6-7-19(13,2)21(15,23)17(26)10-20(16,3)22(12,28)18(27)11-24;1-4-14(2)24(3)21(25)19-13-15-9-5-6-10-16(15)20(23-19)17-11-7-8-12-18(17)22/h6-7,9,12,15-17,24,26,28H,4-5,8,10-11H2,1-3H3;5-14H,4H2,1-3H3/t12-,15+,16+,17+,19+,20+,21+,22+;/m1./s1. The van der Waals surface area contributed by atoms with Gasteiger partial charge in [-0.3, -0.25) is 14.4 Å². The number of benzene rings is 2. The van der Waals surface area contributed by atoms with Gasteiger partial charge in [-0.1, -0.05) is 86.5 Å². The highest BCUT2D eigenvalue weighted by molar-refractivity contribution is 6.33. The quantitative estimate of drug-likeness (QED) is 0.241. The van der Waals surface area contributed by atoms with Gasteiger partial charge in [-0.25, -0.2) is 9.37 Å². The Morgan fingerprint density at radius 2 is 1.79 bits per heavy atom. The lowest BCUT2D eigenvalue weighted by atomic mass is 9.44. The van der Waals surface area contributed by atoms with Gasteiger partial charge in [0.1, 0.15) is 17.9 Å². The van der Waals surface area contributed by atoms with Crippen molar-refractivity contribution in [2.45, 2.75) is 90.1 Å². The molecule has 9 atom stereocenters. The van der Waals surface area contributed by atoms with Crippen LogP contribution in [0.3, 0.4) is 0 Å². The van der Waals surface area contributed by atoms with Crippen LogP contribution in [0.1, 0.15) is 77.2 Å². The molecule has 7 rings (SSSR count). The van der Waals surface area contributed by atoms with Gasteiger partial charge < -0.3 is 20.2 Å². The van der Waals surface area contributed by atoms with Gasteiger partial charge in [-0.2, -0.15) is 0 Å². The molecule has 3 fully saturated rings. The number of pyridine rings is 1. The highest BCUT2D eigenvalue weighted by atomic mass is 35.5. The van der Waals surface area contributed by atoms with E-state index in [4.69, 9.17) is 16.6 Å². The molecule has 8 nitrogen and oxygen atoms in total. The summed E-state index contributed by atoms with van der Waals surface area (Å²) in [6, 6.07) is 17.5. The number of rotatable bonds is 6. The SMILES string of the molecule is CCC(C)N(C)C(=O)c1cc2ccccc2c(-c2ccccc2Cl)n1.C[C@@H]1C[C@H]2[C@@H]3CCC4=CC(=O)C=C[C@]4(C)[C@@]3(F)[C@@H](O)C[C@]2(C)[C@@]1(O)C(=O)CO. The smallest absolute Gasteiger partial charge is 0.272 e. The maximum atomic E-state index is 16.9. The number of aliphatic hydroxyl groups excluding tert-OH is 2. The molecule has 3 N–H and O–H groups in total. The fourth-order valence-electron chi connectivity index (χ4n) is 10.1. The van der Waals surface area contributed by atoms with Crippen molar-refractivity contribution < 1.29 is 34.1 Å². The number of Topliss-reactive ketones (excluding diaryl/α,β-unsaturated/α-hetero) is 1. The molecule has 0 bridgehead atoms. The van der Waals surface area contributed by atoms with E-state index < -0.39 is 52.4 Å². The van der Waals surface area contributed by atoms with Crippen LogP contribution in [0.2, 0.25) is 5.02 Å². The number of ketones is 2. The van der Waals surface area contributed by atoms with Gasteiger partial charge in [-0.05, 0) is 87.5 Å². The Bertz CT molecular complexity index is 2020. The van der Waals surface area contributed by atoms with Crippen LogP contribution in [-0.2, 0) is 9.59 Å². The van der Waals surface area contributed by atoms with E-state index in [2.05, 4.69) is 6.92 Å². The Balaban J connectivity index is 0.000000183. The van der Waals surface area contributed by atoms with E-state index in [9.17, 15) is 29.7 Å². The average molecular weight is 745 g/mol. The van der Waals surface area contributed by atoms with E-state index in [1.807, 2.05) is 68.6 Å². The van der Waals surface area contributed by atoms with Crippen molar-refractivity contribution in [2.24, 2.45) is 28.6 Å². The summed E-state index contributed by atoms with van der Waals surface area (Å²) >= 11 is 6.39. The summed E-state index contributed by atoms with van der Waals surface area (Å²) in [5, 5.41) is 34.6. The number of halogens is 2. The fraction of sp³-hybridized carbons (Fsp3) is 0.488. The number of aliphatic hydroxyl groups is 3. The predicted molar refractivity (Wildman–Crippen MR) is 204 cm³/mol. The van der Waals surface area contributed by atoms with Crippen LogP contribution in [0.4, 0.5) is 4.39 Å². The molecule has 10 heteroatoms. The summed E-state index contributed by atoms with van der Waals surface area (Å²) in [5.74, 6) is -2.19. The molecule has 1 unspecified atom stereocenters. The number of carbonyl (C=O) groups excluding carboxylic acids is 3. The Labute approximate surface area is 315 Å². The van der Waals surface area contributed by atoms with Crippen LogP contribution in [0, 0.1) is 28.6 Å². The Hall–Kier alpha value is -3.76. The van der Waals surface area contributed by atoms with Gasteiger partial charge in [0.15, 0.2) is 17.2 Å². The first-order chi connectivity index (χ1) is 25.0. The zero-order valence-electron chi connectivity index (χ0n) is 31.3. The lowest BCUT2D eigenvalue weighted by molar-refractivity contribution is -0.219. The van der Waals surface area contributed by atoms with E-state index in [1.165, 1.54) is 12.2 Å². The molecular weight excluding hydrogens is 695 g/mol. The monoisotopic (exact) mass is 744 g/mol. The topological polar surface area (TPSA) is 128 Å². The van der Waals surface area contributed by atoms with Crippen LogP contribution >= 0.6 is 11.6 Å². The molecular formula is C43H50ClFN2O6. The molecule has 3 saturated carbocycles. The second-order valence-corrected chi connectivity index (χ2v) is 16.4. The fourth-order valence-corrected chi connectivity index (χ4v) is 10.3. The van der Waals surface area contributed by atoms with Crippen LogP contribution in [0.5, 0.6) is 0 Å². The molecule has 53 heavy (non-hydrogen) atoms. The average Bonchev–Trinajstić information content (AvgIpc) is 3.35. The number of hydrogen-bond donors (Lipinski definition) is 3. The van der Waals surface area contributed by atoms with Gasteiger partial charge in [0.2, 0.25) is 0 Å². The summed E-state index contributed by atoms with van der Waals surface area (Å²) in [6.45, 7) is 8.58. The minimum atomic E-state index is -1.98. The molecule has 0 radical (unpaired) electrons. The van der Waals surface area contributed by atoms with Crippen LogP contribution in [0.25, 0.3) is 22.0 Å². The molecule has 1 heterocycles. The van der Waals surface area contributed by atoms with Gasteiger partial charge in [0.05, 0.1) is 11.8 Å². The first kappa shape index (κ1) is 38.9. The summed E-state index contributed by atoms with van der Waals surface area (Å²) < 4.78 is 16.9. The van der Waals surface area contributed by atoms with Crippen molar-refractivity contribution in [2.75, 3.05) is 13.7 Å². The zero-order valence-corrected chi connectivity index (χ0v) is 32.0. The minimum absolute atomic E-state index is 0.0676. The molecule has 3 aromatic rings. The molecule has 0 saturated heterocycles. The van der Waals surface area contributed by atoms with Crippen molar-refractivity contribution in [3.05, 3.63) is 89.1 Å². The van der Waals surface area contributed by atoms with Crippen LogP contribution in [-0.4, -0.2) is 79.7 Å². The Kier molecular flexibility index (Phi) is 10.4. The second kappa shape index (κ2) is 14.1. The number of amides is 1. The van der Waals surface area contributed by atoms with E-state index in [0.717, 1.165) is 28.5 Å². The summed E-state index contributed by atoms with van der Waals surface area (Å²) in [7, 11) is 1.82. The minimum Gasteiger partial charge on any atom is -0.390 e. The van der Waals surface area contributed by atoms with Crippen molar-refractivity contribution in [1.82, 2.24) is 9.88 Å². The van der Waals surface area contributed by atoms with E-state index in [0.29, 0.717) is 35.6 Å². The first-order valence-corrected chi connectivity index (χ1v) is 19.0. The van der Waals surface area contributed by atoms with E-state index in [-0.39, 0.29) is 30.1 Å². The third kappa shape index (κ3) is 5.90. The number of fused-ring (bicyclic) bond motifs is 6. The summed E-state index contributed by atoms with van der Waals surface area (Å²) in [4.78, 5) is 43.7. The Morgan fingerprint density at radius 3 is 2.47 bits per heavy atom. The molecule has 4 aliphatic carbocycles. The van der Waals surface area contributed by atoms with Crippen molar-refractivity contribution in [3.8, 4) is 11.3 Å². The normalized spacial score (nSPS) is 33.5. The van der Waals surface area contributed by atoms with Crippen molar-refractivity contribution >= 4 is 39.8 Å². The molecule has 2 aromatic carbocycles. The number of hydrogen-bond acceptors (Lipinski definition) is 7. The maximum absolute atomic E-state index is 16.9. The summed E-state index contributed by atoms with van der Waals surface area (Å²) in [5.41, 5.74) is -3.15. The van der Waals surface area contributed by atoms with Crippen LogP contribution < -0.4 is 0 Å². The van der Waals surface area contributed by atoms with Gasteiger partial charge in [-0.15, -0.1) is 0 Å². The molecule has 1 amide bonds. The number of allylic oxidation sites excluding steroid dienone is 4. The van der Waals surface area contributed by atoms with E-state index >= 15 is 4.39 Å². The molecule has 0 aliphatic heterocycles. The van der Waals surface area contributed by atoms with Crippen molar-refractivity contribution in [3.63, 3.8) is 0 Å². The molecule has 0 spiro atoms. The second-order valence-electron chi connectivity index (χ2n) is 16.0. The zero-order chi connectivity index (χ0) is 38.7. The van der Waals surface area contributed by atoms with Gasteiger partial charge in [0.25, 0.3) is 5.91 Å². The Morgan fingerprint density at radius 1 is 1.11 bits per heavy atom. The van der Waals surface area contributed by atoms with Crippen molar-refractivity contribution in [1.29, 1.82) is 0 Å². The largest absolute Gasteiger partial charge is 0.390 e. The lowest BCUT2D eigenvalue weighted by Crippen LogP contribution is -2.69. The number of alkyl halides is 1. The third-order valence-corrected chi connectivity index (χ3v) is 13.8. The first-order valence-electron chi connectivity index (χ1n) is 18.6. The predicted octanol–water partition coefficient (Wildman–Crippen LogP) is 7.32. The molecule has 282 valence electrons. The number of carbonyl (C=O) groups is 3. The maximum Gasteiger partial charge on any atom is 0.272 e. The number of aromatic nitrogens is 1. The summed E-state index contributed by atoms with van der Waals surface area (Å²) in [6.07, 6.45) is 5.34. The highest BCUT2D eigenvalue weighted by Gasteiger charge is 2.75. The highest BCUT2D eigenvalue weighted by Crippen LogP contribution is 2.70. The third-order valence-electron chi connectivity index (χ3n) is 13.5. The van der Waals surface area contributed by atoms with Gasteiger partial charge in [0, 0.05) is 45.8 Å². The van der Waals surface area contributed by atoms with E-state index in [1.54, 1.807) is 31.7 Å². The van der Waals surface area contributed by atoms with Crippen LogP contribution in [0.15, 0.2) is 78.4 Å².